The minimum Gasteiger partial charge on any atom is -0.465 e. The molecule has 122 valence electrons. The van der Waals surface area contributed by atoms with Gasteiger partial charge < -0.3 is 14.5 Å². The van der Waals surface area contributed by atoms with Crippen molar-refractivity contribution in [2.24, 2.45) is 0 Å². The van der Waals surface area contributed by atoms with Crippen LogP contribution in [0, 0.1) is 0 Å². The number of halogens is 1. The smallest absolute Gasteiger partial charge is 0.337 e. The van der Waals surface area contributed by atoms with Gasteiger partial charge in [-0.2, -0.15) is 0 Å². The van der Waals surface area contributed by atoms with E-state index in [0.717, 1.165) is 15.7 Å². The molecule has 0 saturated carbocycles. The number of oxazole rings is 1. The molecule has 1 N–H and O–H groups in total. The molecule has 24 heavy (non-hydrogen) atoms. The molecule has 0 fully saturated rings. The number of anilines is 1. The van der Waals surface area contributed by atoms with Gasteiger partial charge in [-0.3, -0.25) is 0 Å². The number of benzene rings is 2. The van der Waals surface area contributed by atoms with Crippen molar-refractivity contribution < 1.29 is 13.9 Å². The molecule has 0 unspecified atom stereocenters. The second-order valence-corrected chi connectivity index (χ2v) is 5.88. The number of hydrogen-bond acceptors (Lipinski definition) is 5. The number of aromatic nitrogens is 1. The van der Waals surface area contributed by atoms with Crippen molar-refractivity contribution in [3.8, 4) is 11.3 Å². The van der Waals surface area contributed by atoms with Crippen LogP contribution in [0.15, 0.2) is 63.6 Å². The van der Waals surface area contributed by atoms with E-state index in [1.54, 1.807) is 24.4 Å². The van der Waals surface area contributed by atoms with Gasteiger partial charge in [0.2, 0.25) is 5.89 Å². The van der Waals surface area contributed by atoms with Crippen molar-refractivity contribution in [1.82, 2.24) is 4.98 Å². The Hall–Kier alpha value is -2.60. The summed E-state index contributed by atoms with van der Waals surface area (Å²) in [4.78, 5) is 15.8. The number of hydrogen-bond donors (Lipinski definition) is 1. The summed E-state index contributed by atoms with van der Waals surface area (Å²) in [5.74, 6) is 0.887. The summed E-state index contributed by atoms with van der Waals surface area (Å²) in [6.07, 6.45) is 1.70. The molecule has 0 amide bonds. The minimum absolute atomic E-state index is 0.369. The Morgan fingerprint density at radius 1 is 1.25 bits per heavy atom. The van der Waals surface area contributed by atoms with Crippen molar-refractivity contribution >= 4 is 27.6 Å². The minimum atomic E-state index is -0.369. The predicted octanol–water partition coefficient (Wildman–Crippen LogP) is 4.50. The van der Waals surface area contributed by atoms with Crippen molar-refractivity contribution in [2.75, 3.05) is 12.4 Å². The fourth-order valence-corrected chi connectivity index (χ4v) is 2.71. The molecular weight excluding hydrogens is 372 g/mol. The number of nitrogens with zero attached hydrogens (tertiary/aromatic N) is 1. The molecule has 0 aliphatic carbocycles. The van der Waals surface area contributed by atoms with Gasteiger partial charge in [0.15, 0.2) is 5.76 Å². The lowest BCUT2D eigenvalue weighted by molar-refractivity contribution is 0.0601. The van der Waals surface area contributed by atoms with Gasteiger partial charge in [0, 0.05) is 15.7 Å². The molecular formula is C18H15BrN2O3. The summed E-state index contributed by atoms with van der Waals surface area (Å²) in [7, 11) is 1.36. The summed E-state index contributed by atoms with van der Waals surface area (Å²) in [5.41, 5.74) is 2.23. The van der Waals surface area contributed by atoms with Crippen LogP contribution >= 0.6 is 15.9 Å². The number of rotatable bonds is 5. The van der Waals surface area contributed by atoms with Gasteiger partial charge in [0.1, 0.15) is 0 Å². The van der Waals surface area contributed by atoms with Crippen LogP contribution in [-0.4, -0.2) is 18.1 Å². The van der Waals surface area contributed by atoms with Gasteiger partial charge >= 0.3 is 5.97 Å². The van der Waals surface area contributed by atoms with Crippen LogP contribution in [0.2, 0.25) is 0 Å². The SMILES string of the molecule is COC(=O)c1cccc(NCc2ncc(-c3ccccc3Br)o2)c1. The molecule has 0 bridgehead atoms. The number of methoxy groups -OCH3 is 1. The molecule has 3 rings (SSSR count). The van der Waals surface area contributed by atoms with Crippen molar-refractivity contribution in [2.45, 2.75) is 6.54 Å². The molecule has 0 atom stereocenters. The molecule has 1 aromatic heterocycles. The van der Waals surface area contributed by atoms with E-state index >= 15 is 0 Å². The number of nitrogens with one attached hydrogen (secondary N) is 1. The summed E-state index contributed by atoms with van der Waals surface area (Å²) in [5, 5.41) is 3.18. The van der Waals surface area contributed by atoms with Crippen molar-refractivity contribution in [3.63, 3.8) is 0 Å². The molecule has 0 spiro atoms. The molecule has 1 heterocycles. The van der Waals surface area contributed by atoms with E-state index in [-0.39, 0.29) is 5.97 Å². The third-order valence-electron chi connectivity index (χ3n) is 3.42. The van der Waals surface area contributed by atoms with Gasteiger partial charge in [-0.25, -0.2) is 9.78 Å². The van der Waals surface area contributed by atoms with E-state index in [1.165, 1.54) is 7.11 Å². The molecule has 5 nitrogen and oxygen atoms in total. The highest BCUT2D eigenvalue weighted by Gasteiger charge is 2.10. The molecule has 3 aromatic rings. The Morgan fingerprint density at radius 2 is 2.08 bits per heavy atom. The number of ether oxygens (including phenoxy) is 1. The second kappa shape index (κ2) is 7.31. The Balaban J connectivity index is 1.70. The van der Waals surface area contributed by atoms with E-state index in [9.17, 15) is 4.79 Å². The maximum absolute atomic E-state index is 11.5. The van der Waals surface area contributed by atoms with E-state index in [4.69, 9.17) is 9.15 Å². The first-order valence-corrected chi connectivity index (χ1v) is 8.08. The highest BCUT2D eigenvalue weighted by atomic mass is 79.9. The van der Waals surface area contributed by atoms with Gasteiger partial charge in [0.05, 0.1) is 25.4 Å². The molecule has 0 saturated heterocycles. The largest absolute Gasteiger partial charge is 0.465 e. The zero-order valence-corrected chi connectivity index (χ0v) is 14.5. The zero-order valence-electron chi connectivity index (χ0n) is 13.0. The molecule has 0 radical (unpaired) electrons. The van der Waals surface area contributed by atoms with E-state index < -0.39 is 0 Å². The van der Waals surface area contributed by atoms with Crippen LogP contribution < -0.4 is 5.32 Å². The Labute approximate surface area is 147 Å². The lowest BCUT2D eigenvalue weighted by Gasteiger charge is -2.06. The fourth-order valence-electron chi connectivity index (χ4n) is 2.23. The summed E-state index contributed by atoms with van der Waals surface area (Å²) < 4.78 is 11.4. The van der Waals surface area contributed by atoms with E-state index in [1.807, 2.05) is 30.3 Å². The third kappa shape index (κ3) is 3.65. The first-order valence-electron chi connectivity index (χ1n) is 7.29. The van der Waals surface area contributed by atoms with E-state index in [0.29, 0.717) is 23.8 Å². The maximum Gasteiger partial charge on any atom is 0.337 e. The van der Waals surface area contributed by atoms with Crippen LogP contribution in [0.1, 0.15) is 16.2 Å². The fraction of sp³-hybridized carbons (Fsp3) is 0.111. The Bertz CT molecular complexity index is 861. The van der Waals surface area contributed by atoms with Crippen molar-refractivity contribution in [3.05, 3.63) is 70.7 Å². The Morgan fingerprint density at radius 3 is 2.88 bits per heavy atom. The summed E-state index contributed by atoms with van der Waals surface area (Å²) >= 11 is 3.50. The standard InChI is InChI=1S/C18H15BrN2O3/c1-23-18(22)12-5-4-6-13(9-12)20-11-17-21-10-16(24-17)14-7-2-3-8-15(14)19/h2-10,20H,11H2,1H3. The first kappa shape index (κ1) is 16.3. The monoisotopic (exact) mass is 386 g/mol. The normalized spacial score (nSPS) is 10.4. The first-order chi connectivity index (χ1) is 11.7. The lowest BCUT2D eigenvalue weighted by Crippen LogP contribution is -2.04. The Kier molecular flexibility index (Phi) is 4.96. The van der Waals surface area contributed by atoms with Crippen LogP contribution in [0.4, 0.5) is 5.69 Å². The van der Waals surface area contributed by atoms with Crippen LogP contribution in [0.25, 0.3) is 11.3 Å². The van der Waals surface area contributed by atoms with Crippen molar-refractivity contribution in [1.29, 1.82) is 0 Å². The predicted molar refractivity (Wildman–Crippen MR) is 94.7 cm³/mol. The molecule has 0 aliphatic heterocycles. The van der Waals surface area contributed by atoms with Gasteiger partial charge in [-0.15, -0.1) is 0 Å². The van der Waals surface area contributed by atoms with Crippen LogP contribution in [0.5, 0.6) is 0 Å². The highest BCUT2D eigenvalue weighted by Crippen LogP contribution is 2.28. The summed E-state index contributed by atoms with van der Waals surface area (Å²) in [6, 6.07) is 14.9. The number of esters is 1. The zero-order chi connectivity index (χ0) is 16.9. The van der Waals surface area contributed by atoms with Crippen LogP contribution in [-0.2, 0) is 11.3 Å². The highest BCUT2D eigenvalue weighted by molar-refractivity contribution is 9.10. The topological polar surface area (TPSA) is 64.4 Å². The maximum atomic E-state index is 11.5. The lowest BCUT2D eigenvalue weighted by atomic mass is 10.2. The van der Waals surface area contributed by atoms with Crippen LogP contribution in [0.3, 0.4) is 0 Å². The average molecular weight is 387 g/mol. The third-order valence-corrected chi connectivity index (χ3v) is 4.11. The number of carbonyl (C=O) groups is 1. The number of carbonyl (C=O) groups excluding carboxylic acids is 1. The average Bonchev–Trinajstić information content (AvgIpc) is 3.08. The van der Waals surface area contributed by atoms with Gasteiger partial charge in [-0.1, -0.05) is 40.2 Å². The quantitative estimate of drug-likeness (QED) is 0.653. The van der Waals surface area contributed by atoms with E-state index in [2.05, 4.69) is 26.2 Å². The molecule has 2 aromatic carbocycles. The summed E-state index contributed by atoms with van der Waals surface area (Å²) in [6.45, 7) is 0.412. The molecule has 0 aliphatic rings. The molecule has 6 heteroatoms. The van der Waals surface area contributed by atoms with Gasteiger partial charge in [0.25, 0.3) is 0 Å². The second-order valence-electron chi connectivity index (χ2n) is 5.02. The van der Waals surface area contributed by atoms with Gasteiger partial charge in [-0.05, 0) is 24.3 Å².